The molecule has 10 heteroatoms. The lowest BCUT2D eigenvalue weighted by Gasteiger charge is -2.28. The zero-order valence-corrected chi connectivity index (χ0v) is 19.5. The van der Waals surface area contributed by atoms with Gasteiger partial charge in [-0.25, -0.2) is 9.97 Å². The second-order valence-electron chi connectivity index (χ2n) is 8.83. The largest absolute Gasteiger partial charge is 0.391 e. The average molecular weight is 455 g/mol. The topological polar surface area (TPSA) is 104 Å². The molecule has 5 rings (SSSR count). The van der Waals surface area contributed by atoms with Gasteiger partial charge in [0.05, 0.1) is 24.5 Å². The van der Waals surface area contributed by atoms with Crippen LogP contribution in [0.1, 0.15) is 43.1 Å². The van der Waals surface area contributed by atoms with Crippen LogP contribution < -0.4 is 16.0 Å². The van der Waals surface area contributed by atoms with Gasteiger partial charge in [-0.3, -0.25) is 4.40 Å². The molecular formula is C22H30N8OS. The van der Waals surface area contributed by atoms with Gasteiger partial charge in [0.2, 0.25) is 0 Å². The van der Waals surface area contributed by atoms with Crippen LogP contribution in [-0.4, -0.2) is 54.8 Å². The van der Waals surface area contributed by atoms with Crippen molar-refractivity contribution in [3.63, 3.8) is 0 Å². The molecule has 1 aliphatic rings. The van der Waals surface area contributed by atoms with Crippen LogP contribution in [0.3, 0.4) is 0 Å². The first-order chi connectivity index (χ1) is 15.5. The minimum Gasteiger partial charge on any atom is -0.391 e. The van der Waals surface area contributed by atoms with Crippen LogP contribution in [0.4, 0.5) is 11.6 Å². The average Bonchev–Trinajstić information content (AvgIpc) is 3.47. The molecule has 4 N–H and O–H groups in total. The Morgan fingerprint density at radius 3 is 2.97 bits per heavy atom. The van der Waals surface area contributed by atoms with Crippen LogP contribution in [-0.2, 0) is 6.54 Å². The first kappa shape index (κ1) is 21.2. The smallest absolute Gasteiger partial charge is 0.194 e. The predicted octanol–water partition coefficient (Wildman–Crippen LogP) is 2.86. The summed E-state index contributed by atoms with van der Waals surface area (Å²) in [5.74, 6) is 2.18. The third-order valence-electron chi connectivity index (χ3n) is 6.14. The molecule has 4 aromatic rings. The van der Waals surface area contributed by atoms with Gasteiger partial charge in [0.15, 0.2) is 10.6 Å². The zero-order valence-electron chi connectivity index (χ0n) is 18.7. The molecule has 1 saturated heterocycles. The number of β-amino-alcohol motifs (C(OH)–C–C–N with tert-alkyl or cyclic N) is 1. The minimum absolute atomic E-state index is 0.210. The van der Waals surface area contributed by atoms with Gasteiger partial charge in [0.1, 0.15) is 11.6 Å². The molecule has 0 bridgehead atoms. The van der Waals surface area contributed by atoms with E-state index in [4.69, 9.17) is 9.97 Å². The summed E-state index contributed by atoms with van der Waals surface area (Å²) >= 11 is 1.65. The summed E-state index contributed by atoms with van der Waals surface area (Å²) in [5.41, 5.74) is 4.13. The Hall–Kier alpha value is -2.69. The van der Waals surface area contributed by atoms with Gasteiger partial charge in [-0.15, -0.1) is 11.3 Å². The summed E-state index contributed by atoms with van der Waals surface area (Å²) in [7, 11) is 0. The van der Waals surface area contributed by atoms with E-state index in [1.54, 1.807) is 11.3 Å². The molecule has 1 fully saturated rings. The maximum atomic E-state index is 10.3. The van der Waals surface area contributed by atoms with Gasteiger partial charge in [-0.1, -0.05) is 13.8 Å². The van der Waals surface area contributed by atoms with Crippen molar-refractivity contribution in [3.8, 4) is 0 Å². The predicted molar refractivity (Wildman–Crippen MR) is 128 cm³/mol. The number of piperidine rings is 1. The second-order valence-corrected chi connectivity index (χ2v) is 9.67. The van der Waals surface area contributed by atoms with E-state index in [0.29, 0.717) is 25.6 Å². The molecule has 0 unspecified atom stereocenters. The number of hydrogen-bond acceptors (Lipinski definition) is 8. The number of rotatable bonds is 7. The Morgan fingerprint density at radius 1 is 1.31 bits per heavy atom. The monoisotopic (exact) mass is 454 g/mol. The number of anilines is 2. The quantitative estimate of drug-likeness (QED) is 0.340. The third kappa shape index (κ3) is 4.05. The number of imidazole rings is 1. The number of nitrogens with zero attached hydrogens (tertiary/aromatic N) is 5. The highest BCUT2D eigenvalue weighted by molar-refractivity contribution is 7.15. The summed E-state index contributed by atoms with van der Waals surface area (Å²) in [4.78, 5) is 10.6. The first-order valence-corrected chi connectivity index (χ1v) is 12.0. The summed E-state index contributed by atoms with van der Waals surface area (Å²) in [6.07, 6.45) is 4.58. The molecule has 0 amide bonds. The van der Waals surface area contributed by atoms with Crippen molar-refractivity contribution in [3.05, 3.63) is 40.8 Å². The molecule has 1 aliphatic heterocycles. The maximum absolute atomic E-state index is 10.3. The summed E-state index contributed by atoms with van der Waals surface area (Å²) in [6.45, 7) is 9.25. The van der Waals surface area contributed by atoms with Crippen LogP contribution in [0.25, 0.3) is 10.6 Å². The lowest BCUT2D eigenvalue weighted by atomic mass is 9.95. The van der Waals surface area contributed by atoms with E-state index in [9.17, 15) is 5.11 Å². The van der Waals surface area contributed by atoms with E-state index in [1.807, 2.05) is 16.8 Å². The van der Waals surface area contributed by atoms with Crippen LogP contribution >= 0.6 is 11.3 Å². The fraction of sp³-hybridized carbons (Fsp3) is 0.500. The van der Waals surface area contributed by atoms with Gasteiger partial charge in [-0.05, 0) is 25.8 Å². The van der Waals surface area contributed by atoms with Gasteiger partial charge < -0.3 is 21.1 Å². The minimum atomic E-state index is -0.336. The van der Waals surface area contributed by atoms with Crippen molar-refractivity contribution < 1.29 is 5.11 Å². The molecule has 5 heterocycles. The molecule has 4 aromatic heterocycles. The molecule has 170 valence electrons. The summed E-state index contributed by atoms with van der Waals surface area (Å²) in [6, 6.07) is 1.99. The maximum Gasteiger partial charge on any atom is 0.194 e. The normalized spacial score (nSPS) is 19.3. The van der Waals surface area contributed by atoms with E-state index >= 15 is 0 Å². The van der Waals surface area contributed by atoms with E-state index in [0.717, 1.165) is 46.5 Å². The summed E-state index contributed by atoms with van der Waals surface area (Å²) in [5, 5.41) is 27.2. The highest BCUT2D eigenvalue weighted by atomic mass is 32.1. The number of hydrogen-bond donors (Lipinski definition) is 4. The number of aryl methyl sites for hydroxylation is 1. The Labute approximate surface area is 190 Å². The molecule has 32 heavy (non-hydrogen) atoms. The summed E-state index contributed by atoms with van der Waals surface area (Å²) < 4.78 is 3.98. The Bertz CT molecular complexity index is 1230. The van der Waals surface area contributed by atoms with E-state index in [1.165, 1.54) is 5.69 Å². The Balaban J connectivity index is 1.40. The molecule has 0 aromatic carbocycles. The Kier molecular flexibility index (Phi) is 5.75. The van der Waals surface area contributed by atoms with Crippen LogP contribution in [0.15, 0.2) is 23.8 Å². The molecule has 0 spiro atoms. The van der Waals surface area contributed by atoms with E-state index in [-0.39, 0.29) is 12.0 Å². The number of thiazole rings is 1. The molecule has 2 atom stereocenters. The highest BCUT2D eigenvalue weighted by Gasteiger charge is 2.23. The highest BCUT2D eigenvalue weighted by Crippen LogP contribution is 2.25. The number of aliphatic hydroxyl groups is 1. The third-order valence-corrected chi connectivity index (χ3v) is 7.10. The van der Waals surface area contributed by atoms with Crippen LogP contribution in [0, 0.1) is 12.8 Å². The van der Waals surface area contributed by atoms with Crippen molar-refractivity contribution in [2.45, 2.75) is 45.8 Å². The molecule has 0 saturated carbocycles. The van der Waals surface area contributed by atoms with Crippen LogP contribution in [0.5, 0.6) is 0 Å². The van der Waals surface area contributed by atoms with Crippen molar-refractivity contribution in [1.29, 1.82) is 0 Å². The number of aromatic nitrogens is 5. The van der Waals surface area contributed by atoms with Gasteiger partial charge in [0, 0.05) is 47.9 Å². The van der Waals surface area contributed by atoms with Crippen LogP contribution in [0.2, 0.25) is 0 Å². The number of aliphatic hydroxyl groups excluding tert-OH is 1. The van der Waals surface area contributed by atoms with Crippen molar-refractivity contribution in [2.75, 3.05) is 30.3 Å². The molecule has 0 aliphatic carbocycles. The molecule has 0 radical (unpaired) electrons. The zero-order chi connectivity index (χ0) is 22.2. The second kappa shape index (κ2) is 8.68. The molecular weight excluding hydrogens is 424 g/mol. The van der Waals surface area contributed by atoms with Gasteiger partial charge >= 0.3 is 0 Å². The fourth-order valence-electron chi connectivity index (χ4n) is 4.18. The number of nitrogens with one attached hydrogen (secondary N) is 3. The first-order valence-electron chi connectivity index (χ1n) is 11.2. The number of fused-ring (bicyclic) bond motifs is 2. The molecule has 9 nitrogen and oxygen atoms in total. The Morgan fingerprint density at radius 2 is 2.19 bits per heavy atom. The van der Waals surface area contributed by atoms with Gasteiger partial charge in [0.25, 0.3) is 0 Å². The van der Waals surface area contributed by atoms with Crippen molar-refractivity contribution in [1.82, 2.24) is 29.3 Å². The standard InChI is InChI=1S/C22H30N8OS/c1-13(2)17-9-26-30-20(25-8-16-11-29-14(3)12-32-22(29)27-16)6-19(28-21(17)30)24-7-15-4-5-23-10-18(15)31/h6,9,11-13,15,18,23,25,31H,4-5,7-8,10H2,1-3H3,(H,24,28)/t15-,18+/m1/s1. The van der Waals surface area contributed by atoms with Gasteiger partial charge in [-0.2, -0.15) is 9.61 Å². The fourth-order valence-corrected chi connectivity index (χ4v) is 5.05. The van der Waals surface area contributed by atoms with Crippen molar-refractivity contribution >= 4 is 33.6 Å². The lowest BCUT2D eigenvalue weighted by Crippen LogP contribution is -2.43. The lowest BCUT2D eigenvalue weighted by molar-refractivity contribution is 0.0883. The van der Waals surface area contributed by atoms with E-state index < -0.39 is 0 Å². The van der Waals surface area contributed by atoms with Crippen molar-refractivity contribution in [2.24, 2.45) is 5.92 Å². The SMILES string of the molecule is Cc1csc2nc(CNc3cc(NC[C@H]4CCNC[C@@H]4O)nc4c(C(C)C)cnn34)cn12. The van der Waals surface area contributed by atoms with E-state index in [2.05, 4.69) is 57.8 Å².